The third-order valence-corrected chi connectivity index (χ3v) is 8.15. The summed E-state index contributed by atoms with van der Waals surface area (Å²) in [5, 5.41) is 0.561. The van der Waals surface area contributed by atoms with Crippen LogP contribution in [-0.2, 0) is 19.2 Å². The van der Waals surface area contributed by atoms with Crippen molar-refractivity contribution >= 4 is 46.7 Å². The van der Waals surface area contributed by atoms with Gasteiger partial charge in [-0.25, -0.2) is 4.90 Å². The highest BCUT2D eigenvalue weighted by atomic mass is 35.5. The van der Waals surface area contributed by atoms with E-state index < -0.39 is 11.9 Å². The van der Waals surface area contributed by atoms with E-state index in [4.69, 9.17) is 16.3 Å². The predicted octanol–water partition coefficient (Wildman–Crippen LogP) is 4.84. The van der Waals surface area contributed by atoms with Crippen molar-refractivity contribution in [2.45, 2.75) is 46.5 Å². The van der Waals surface area contributed by atoms with E-state index in [0.717, 1.165) is 24.8 Å². The fourth-order valence-electron chi connectivity index (χ4n) is 5.63. The molecule has 1 aliphatic carbocycles. The SMILES string of the molecule is Cc1ccc(N2C[C@H](C(=O)Oc3ccc(N4C(=O)[C@H]5C[C@H](C)CC[C@H]5C4=O)c(C)c3)CC2=O)cc1Cl. The molecule has 4 atom stereocenters. The Kier molecular flexibility index (Phi) is 6.37. The van der Waals surface area contributed by atoms with Crippen LogP contribution in [0.15, 0.2) is 36.4 Å². The van der Waals surface area contributed by atoms with Gasteiger partial charge in [-0.1, -0.05) is 24.6 Å². The highest BCUT2D eigenvalue weighted by Gasteiger charge is 2.50. The minimum Gasteiger partial charge on any atom is -0.426 e. The third kappa shape index (κ3) is 4.30. The number of ether oxygens (including phenoxy) is 1. The molecule has 3 amide bonds. The Labute approximate surface area is 215 Å². The normalized spacial score (nSPS) is 25.9. The number of carbonyl (C=O) groups excluding carboxylic acids is 4. The number of amides is 3. The second-order valence-corrected chi connectivity index (χ2v) is 10.8. The summed E-state index contributed by atoms with van der Waals surface area (Å²) in [6.07, 6.45) is 2.50. The number of hydrogen-bond acceptors (Lipinski definition) is 5. The van der Waals surface area contributed by atoms with Gasteiger partial charge in [0.15, 0.2) is 0 Å². The molecule has 2 saturated heterocycles. The number of nitrogens with zero attached hydrogens (tertiary/aromatic N) is 2. The standard InChI is InChI=1S/C28H29ClN2O5/c1-15-4-8-21-22(10-15)27(34)31(26(21)33)24-9-7-20(11-17(24)3)36-28(35)18-12-25(32)30(14-18)19-6-5-16(2)23(29)13-19/h5-7,9,11,13,15,18,21-22H,4,8,10,12,14H2,1-3H3/t15-,18-,21-,22+/m1/s1. The van der Waals surface area contributed by atoms with E-state index in [-0.39, 0.29) is 42.5 Å². The zero-order valence-electron chi connectivity index (χ0n) is 20.6. The molecule has 2 aromatic carbocycles. The number of imide groups is 1. The maximum Gasteiger partial charge on any atom is 0.316 e. The molecule has 3 aliphatic rings. The molecule has 7 nitrogen and oxygen atoms in total. The van der Waals surface area contributed by atoms with Crippen LogP contribution in [0.25, 0.3) is 0 Å². The number of aryl methyl sites for hydroxylation is 2. The summed E-state index contributed by atoms with van der Waals surface area (Å²) in [6, 6.07) is 10.3. The number of esters is 1. The second kappa shape index (κ2) is 9.36. The van der Waals surface area contributed by atoms with Crippen molar-refractivity contribution < 1.29 is 23.9 Å². The fourth-order valence-corrected chi connectivity index (χ4v) is 5.81. The van der Waals surface area contributed by atoms with Crippen molar-refractivity contribution in [1.82, 2.24) is 0 Å². The molecule has 2 heterocycles. The average Bonchev–Trinajstić information content (AvgIpc) is 3.33. The molecule has 3 fully saturated rings. The molecule has 188 valence electrons. The van der Waals surface area contributed by atoms with E-state index in [2.05, 4.69) is 6.92 Å². The third-order valence-electron chi connectivity index (χ3n) is 7.74. The first-order chi connectivity index (χ1) is 17.1. The molecule has 0 unspecified atom stereocenters. The summed E-state index contributed by atoms with van der Waals surface area (Å²) >= 11 is 6.21. The van der Waals surface area contributed by atoms with Gasteiger partial charge in [-0.15, -0.1) is 0 Å². The molecule has 0 radical (unpaired) electrons. The fraction of sp³-hybridized carbons (Fsp3) is 0.429. The molecular weight excluding hydrogens is 480 g/mol. The number of carbonyl (C=O) groups is 4. The lowest BCUT2D eigenvalue weighted by atomic mass is 9.76. The van der Waals surface area contributed by atoms with Gasteiger partial charge in [-0.2, -0.15) is 0 Å². The minimum absolute atomic E-state index is 0.0549. The number of benzene rings is 2. The molecule has 2 aromatic rings. The van der Waals surface area contributed by atoms with E-state index in [1.54, 1.807) is 36.1 Å². The van der Waals surface area contributed by atoms with Crippen LogP contribution in [0.4, 0.5) is 11.4 Å². The number of hydrogen-bond donors (Lipinski definition) is 0. The maximum atomic E-state index is 13.1. The van der Waals surface area contributed by atoms with Crippen LogP contribution >= 0.6 is 11.6 Å². The van der Waals surface area contributed by atoms with Crippen LogP contribution in [0.2, 0.25) is 5.02 Å². The molecule has 0 N–H and O–H groups in total. The first-order valence-electron chi connectivity index (χ1n) is 12.4. The Morgan fingerprint density at radius 1 is 0.972 bits per heavy atom. The van der Waals surface area contributed by atoms with Crippen molar-refractivity contribution in [2.24, 2.45) is 23.7 Å². The number of fused-ring (bicyclic) bond motifs is 1. The van der Waals surface area contributed by atoms with Gasteiger partial charge in [0.2, 0.25) is 17.7 Å². The predicted molar refractivity (Wildman–Crippen MR) is 136 cm³/mol. The van der Waals surface area contributed by atoms with Crippen molar-refractivity contribution in [1.29, 1.82) is 0 Å². The largest absolute Gasteiger partial charge is 0.426 e. The lowest BCUT2D eigenvalue weighted by Crippen LogP contribution is -2.31. The monoisotopic (exact) mass is 508 g/mol. The molecule has 36 heavy (non-hydrogen) atoms. The van der Waals surface area contributed by atoms with Gasteiger partial charge in [0.05, 0.1) is 23.4 Å². The van der Waals surface area contributed by atoms with Gasteiger partial charge in [0, 0.05) is 23.7 Å². The molecule has 1 saturated carbocycles. The highest BCUT2D eigenvalue weighted by Crippen LogP contribution is 2.43. The lowest BCUT2D eigenvalue weighted by molar-refractivity contribution is -0.139. The summed E-state index contributed by atoms with van der Waals surface area (Å²) in [4.78, 5) is 54.4. The molecular formula is C28H29ClN2O5. The van der Waals surface area contributed by atoms with Gasteiger partial charge in [0.25, 0.3) is 0 Å². The molecule has 2 aliphatic heterocycles. The smallest absolute Gasteiger partial charge is 0.316 e. The van der Waals surface area contributed by atoms with Crippen LogP contribution in [0.1, 0.15) is 43.7 Å². The van der Waals surface area contributed by atoms with E-state index in [1.807, 2.05) is 19.1 Å². The zero-order chi connectivity index (χ0) is 25.7. The summed E-state index contributed by atoms with van der Waals surface area (Å²) in [6.45, 7) is 6.01. The summed E-state index contributed by atoms with van der Waals surface area (Å²) in [7, 11) is 0. The van der Waals surface area contributed by atoms with Crippen molar-refractivity contribution in [2.75, 3.05) is 16.3 Å². The number of halogens is 1. The second-order valence-electron chi connectivity index (χ2n) is 10.4. The Morgan fingerprint density at radius 3 is 2.44 bits per heavy atom. The van der Waals surface area contributed by atoms with Gasteiger partial charge < -0.3 is 9.64 Å². The van der Waals surface area contributed by atoms with Crippen LogP contribution < -0.4 is 14.5 Å². The van der Waals surface area contributed by atoms with Gasteiger partial charge in [0.1, 0.15) is 5.75 Å². The average molecular weight is 509 g/mol. The quantitative estimate of drug-likeness (QED) is 0.335. The van der Waals surface area contributed by atoms with Gasteiger partial charge in [-0.05, 0) is 80.5 Å². The highest BCUT2D eigenvalue weighted by molar-refractivity contribution is 6.31. The Hall–Kier alpha value is -3.19. The molecule has 5 rings (SSSR count). The Morgan fingerprint density at radius 2 is 1.72 bits per heavy atom. The first-order valence-corrected chi connectivity index (χ1v) is 12.8. The van der Waals surface area contributed by atoms with Gasteiger partial charge in [-0.3, -0.25) is 19.2 Å². The Bertz CT molecular complexity index is 1270. The molecule has 0 aromatic heterocycles. The lowest BCUT2D eigenvalue weighted by Gasteiger charge is -2.25. The van der Waals surface area contributed by atoms with E-state index in [0.29, 0.717) is 33.6 Å². The molecule has 8 heteroatoms. The Balaban J connectivity index is 1.28. The molecule has 0 spiro atoms. The number of rotatable bonds is 4. The summed E-state index contributed by atoms with van der Waals surface area (Å²) in [5.74, 6) is -1.26. The number of anilines is 2. The van der Waals surface area contributed by atoms with Crippen molar-refractivity contribution in [3.05, 3.63) is 52.5 Å². The van der Waals surface area contributed by atoms with Crippen LogP contribution in [0, 0.1) is 37.5 Å². The van der Waals surface area contributed by atoms with Crippen LogP contribution in [0.5, 0.6) is 5.75 Å². The van der Waals surface area contributed by atoms with E-state index >= 15 is 0 Å². The van der Waals surface area contributed by atoms with Crippen molar-refractivity contribution in [3.8, 4) is 5.75 Å². The summed E-state index contributed by atoms with van der Waals surface area (Å²) < 4.78 is 5.60. The maximum absolute atomic E-state index is 13.1. The summed E-state index contributed by atoms with van der Waals surface area (Å²) in [5.41, 5.74) is 2.77. The van der Waals surface area contributed by atoms with E-state index in [1.165, 1.54) is 4.90 Å². The first kappa shape index (κ1) is 24.5. The van der Waals surface area contributed by atoms with Crippen LogP contribution in [0.3, 0.4) is 0 Å². The minimum atomic E-state index is -0.607. The zero-order valence-corrected chi connectivity index (χ0v) is 21.4. The topological polar surface area (TPSA) is 84.0 Å². The molecule has 0 bridgehead atoms. The van der Waals surface area contributed by atoms with Crippen LogP contribution in [-0.4, -0.2) is 30.2 Å². The van der Waals surface area contributed by atoms with Gasteiger partial charge >= 0.3 is 5.97 Å². The van der Waals surface area contributed by atoms with Crippen molar-refractivity contribution in [3.63, 3.8) is 0 Å². The van der Waals surface area contributed by atoms with E-state index in [9.17, 15) is 19.2 Å².